The third-order valence-corrected chi connectivity index (χ3v) is 3.94. The molecule has 0 aliphatic heterocycles. The zero-order valence-electron chi connectivity index (χ0n) is 10.3. The first-order valence-corrected chi connectivity index (χ1v) is 7.28. The van der Waals surface area contributed by atoms with Crippen LogP contribution in [0.3, 0.4) is 0 Å². The van der Waals surface area contributed by atoms with Crippen molar-refractivity contribution in [3.63, 3.8) is 0 Å². The van der Waals surface area contributed by atoms with Crippen molar-refractivity contribution in [1.29, 1.82) is 0 Å². The van der Waals surface area contributed by atoms with Crippen LogP contribution in [-0.2, 0) is 22.3 Å². The molecule has 2 aromatic rings. The van der Waals surface area contributed by atoms with Crippen LogP contribution in [-0.4, -0.2) is 11.3 Å². The summed E-state index contributed by atoms with van der Waals surface area (Å²) in [5.41, 5.74) is 2.15. The summed E-state index contributed by atoms with van der Waals surface area (Å²) in [4.78, 5) is 0. The zero-order valence-corrected chi connectivity index (χ0v) is 11.2. The van der Waals surface area contributed by atoms with Crippen LogP contribution in [0.5, 0.6) is 5.75 Å². The molecule has 0 aliphatic carbocycles. The van der Waals surface area contributed by atoms with Crippen molar-refractivity contribution in [2.45, 2.75) is 11.5 Å². The van der Waals surface area contributed by atoms with Gasteiger partial charge in [0, 0.05) is 22.3 Å². The maximum absolute atomic E-state index is 12.1. The lowest BCUT2D eigenvalue weighted by atomic mass is 10.2. The molecule has 18 heavy (non-hydrogen) atoms. The largest absolute Gasteiger partial charge is 0.497 e. The molecule has 0 unspecified atom stereocenters. The van der Waals surface area contributed by atoms with Gasteiger partial charge in [0.1, 0.15) is 5.75 Å². The highest BCUT2D eigenvalue weighted by Crippen LogP contribution is 2.15. The van der Waals surface area contributed by atoms with Crippen LogP contribution in [0, 0.1) is 0 Å². The van der Waals surface area contributed by atoms with Gasteiger partial charge >= 0.3 is 0 Å². The standard InChI is InChI=1S/C15H16O2S/c1-17-15-9-5-8-14(10-15)12-18(16)11-13-6-3-2-4-7-13/h2-10H,11-12H2,1H3/t18-/m0/s1. The van der Waals surface area contributed by atoms with Gasteiger partial charge in [0.05, 0.1) is 7.11 Å². The smallest absolute Gasteiger partial charge is 0.119 e. The Balaban J connectivity index is 1.99. The number of methoxy groups -OCH3 is 1. The van der Waals surface area contributed by atoms with E-state index in [2.05, 4.69) is 0 Å². The third-order valence-electron chi connectivity index (χ3n) is 2.63. The van der Waals surface area contributed by atoms with E-state index in [1.807, 2.05) is 54.6 Å². The van der Waals surface area contributed by atoms with Crippen LogP contribution in [0.15, 0.2) is 54.6 Å². The second-order valence-corrected chi connectivity index (χ2v) is 5.52. The van der Waals surface area contributed by atoms with Crippen LogP contribution in [0.2, 0.25) is 0 Å². The maximum atomic E-state index is 12.1. The lowest BCUT2D eigenvalue weighted by molar-refractivity contribution is 0.414. The van der Waals surface area contributed by atoms with Crippen molar-refractivity contribution in [2.75, 3.05) is 7.11 Å². The Morgan fingerprint density at radius 3 is 2.33 bits per heavy atom. The van der Waals surface area contributed by atoms with Gasteiger partial charge in [-0.25, -0.2) is 0 Å². The molecular weight excluding hydrogens is 244 g/mol. The lowest BCUT2D eigenvalue weighted by Gasteiger charge is -2.05. The Morgan fingerprint density at radius 2 is 1.61 bits per heavy atom. The first kappa shape index (κ1) is 12.8. The van der Waals surface area contributed by atoms with Gasteiger partial charge in [-0.05, 0) is 23.3 Å². The van der Waals surface area contributed by atoms with Gasteiger partial charge in [0.25, 0.3) is 0 Å². The summed E-state index contributed by atoms with van der Waals surface area (Å²) in [6.45, 7) is 0. The molecule has 0 amide bonds. The van der Waals surface area contributed by atoms with Crippen molar-refractivity contribution in [2.24, 2.45) is 0 Å². The van der Waals surface area contributed by atoms with Gasteiger partial charge in [-0.3, -0.25) is 4.21 Å². The molecule has 0 heterocycles. The summed E-state index contributed by atoms with van der Waals surface area (Å²) in [6, 6.07) is 17.6. The molecule has 0 aliphatic rings. The molecular formula is C15H16O2S. The molecule has 0 radical (unpaired) electrons. The van der Waals surface area contributed by atoms with E-state index in [1.54, 1.807) is 7.11 Å². The van der Waals surface area contributed by atoms with Gasteiger partial charge in [0.2, 0.25) is 0 Å². The predicted octanol–water partition coefficient (Wildman–Crippen LogP) is 3.14. The topological polar surface area (TPSA) is 26.3 Å². The van der Waals surface area contributed by atoms with E-state index < -0.39 is 10.8 Å². The zero-order chi connectivity index (χ0) is 12.8. The van der Waals surface area contributed by atoms with Gasteiger partial charge in [-0.2, -0.15) is 0 Å². The van der Waals surface area contributed by atoms with Crippen LogP contribution in [0.25, 0.3) is 0 Å². The molecule has 2 aromatic carbocycles. The van der Waals surface area contributed by atoms with E-state index in [1.165, 1.54) is 0 Å². The minimum Gasteiger partial charge on any atom is -0.497 e. The Hall–Kier alpha value is -1.61. The number of ether oxygens (including phenoxy) is 1. The summed E-state index contributed by atoms with van der Waals surface area (Å²) in [5.74, 6) is 1.97. The van der Waals surface area contributed by atoms with Gasteiger partial charge in [-0.1, -0.05) is 42.5 Å². The fourth-order valence-corrected chi connectivity index (χ4v) is 2.98. The van der Waals surface area contributed by atoms with Crippen LogP contribution < -0.4 is 4.74 Å². The van der Waals surface area contributed by atoms with Crippen molar-refractivity contribution < 1.29 is 8.95 Å². The van der Waals surface area contributed by atoms with Gasteiger partial charge in [0.15, 0.2) is 0 Å². The van der Waals surface area contributed by atoms with E-state index in [4.69, 9.17) is 4.74 Å². The Labute approximate surface area is 110 Å². The molecule has 94 valence electrons. The third kappa shape index (κ3) is 3.70. The van der Waals surface area contributed by atoms with E-state index in [-0.39, 0.29) is 0 Å². The highest BCUT2D eigenvalue weighted by molar-refractivity contribution is 7.83. The van der Waals surface area contributed by atoms with Crippen LogP contribution in [0.1, 0.15) is 11.1 Å². The van der Waals surface area contributed by atoms with Crippen molar-refractivity contribution >= 4 is 10.8 Å². The van der Waals surface area contributed by atoms with E-state index in [0.29, 0.717) is 11.5 Å². The Bertz CT molecular complexity index is 523. The highest BCUT2D eigenvalue weighted by atomic mass is 32.2. The molecule has 1 atom stereocenters. The molecule has 0 fully saturated rings. The van der Waals surface area contributed by atoms with Crippen molar-refractivity contribution in [3.05, 3.63) is 65.7 Å². The quantitative estimate of drug-likeness (QED) is 0.825. The Morgan fingerprint density at radius 1 is 0.944 bits per heavy atom. The molecule has 0 N–H and O–H groups in total. The maximum Gasteiger partial charge on any atom is 0.119 e. The number of rotatable bonds is 5. The average Bonchev–Trinajstić information content (AvgIpc) is 2.40. The molecule has 0 bridgehead atoms. The fraction of sp³-hybridized carbons (Fsp3) is 0.200. The van der Waals surface area contributed by atoms with Crippen molar-refractivity contribution in [3.8, 4) is 5.75 Å². The second kappa shape index (κ2) is 6.36. The van der Waals surface area contributed by atoms with Crippen LogP contribution in [0.4, 0.5) is 0 Å². The summed E-state index contributed by atoms with van der Waals surface area (Å²) in [7, 11) is 0.751. The summed E-state index contributed by atoms with van der Waals surface area (Å²) in [5, 5.41) is 0. The van der Waals surface area contributed by atoms with Gasteiger partial charge in [-0.15, -0.1) is 0 Å². The SMILES string of the molecule is COc1cccc(C[S@@](=O)Cc2ccccc2)c1. The van der Waals surface area contributed by atoms with E-state index in [0.717, 1.165) is 16.9 Å². The molecule has 0 saturated heterocycles. The molecule has 0 saturated carbocycles. The second-order valence-electron chi connectivity index (χ2n) is 4.07. The van der Waals surface area contributed by atoms with Gasteiger partial charge < -0.3 is 4.74 Å². The summed E-state index contributed by atoms with van der Waals surface area (Å²) in [6.07, 6.45) is 0. The number of hydrogen-bond donors (Lipinski definition) is 0. The van der Waals surface area contributed by atoms with Crippen LogP contribution >= 0.6 is 0 Å². The van der Waals surface area contributed by atoms with E-state index in [9.17, 15) is 4.21 Å². The van der Waals surface area contributed by atoms with E-state index >= 15 is 0 Å². The molecule has 2 nitrogen and oxygen atoms in total. The van der Waals surface area contributed by atoms with Crippen molar-refractivity contribution in [1.82, 2.24) is 0 Å². The monoisotopic (exact) mass is 260 g/mol. The predicted molar refractivity (Wildman–Crippen MR) is 75.0 cm³/mol. The molecule has 0 spiro atoms. The molecule has 0 aromatic heterocycles. The lowest BCUT2D eigenvalue weighted by Crippen LogP contribution is -1.99. The highest BCUT2D eigenvalue weighted by Gasteiger charge is 2.04. The number of benzene rings is 2. The normalized spacial score (nSPS) is 12.1. The fourth-order valence-electron chi connectivity index (χ4n) is 1.76. The molecule has 2 rings (SSSR count). The minimum atomic E-state index is -0.888. The first-order valence-electron chi connectivity index (χ1n) is 5.80. The Kier molecular flexibility index (Phi) is 4.53. The molecule has 3 heteroatoms. The summed E-state index contributed by atoms with van der Waals surface area (Å²) >= 11 is 0. The number of hydrogen-bond acceptors (Lipinski definition) is 2. The summed E-state index contributed by atoms with van der Waals surface area (Å²) < 4.78 is 17.2. The first-order chi connectivity index (χ1) is 8.78. The average molecular weight is 260 g/mol. The minimum absolute atomic E-state index is 0.562.